The van der Waals surface area contributed by atoms with E-state index in [1.165, 1.54) is 12.1 Å². The molecule has 0 aromatic heterocycles. The van der Waals surface area contributed by atoms with Gasteiger partial charge < -0.3 is 10.1 Å². The van der Waals surface area contributed by atoms with Gasteiger partial charge in [0.1, 0.15) is 5.75 Å². The molecule has 2 nitrogen and oxygen atoms in total. The molecule has 0 saturated heterocycles. The molecule has 0 aliphatic carbocycles. The maximum absolute atomic E-state index is 12.0. The second kappa shape index (κ2) is 6.90. The van der Waals surface area contributed by atoms with E-state index < -0.39 is 6.61 Å². The van der Waals surface area contributed by atoms with Crippen LogP contribution in [0.25, 0.3) is 0 Å². The van der Waals surface area contributed by atoms with Gasteiger partial charge in [-0.05, 0) is 51.8 Å². The summed E-state index contributed by atoms with van der Waals surface area (Å²) in [6.45, 7) is -2.25. The highest BCUT2D eigenvalue weighted by Crippen LogP contribution is 2.26. The van der Waals surface area contributed by atoms with E-state index in [2.05, 4.69) is 26.0 Å². The number of hydrogen-bond acceptors (Lipinski definition) is 2. The summed E-state index contributed by atoms with van der Waals surface area (Å²) in [5, 5.41) is 3.85. The molecule has 0 heterocycles. The van der Waals surface area contributed by atoms with Crippen LogP contribution in [0, 0.1) is 0 Å². The predicted octanol–water partition coefficient (Wildman–Crippen LogP) is 5.32. The zero-order valence-electron chi connectivity index (χ0n) is 10.2. The van der Waals surface area contributed by atoms with E-state index >= 15 is 0 Å². The molecule has 0 amide bonds. The van der Waals surface area contributed by atoms with Crippen molar-refractivity contribution in [2.75, 3.05) is 5.32 Å². The van der Waals surface area contributed by atoms with Gasteiger partial charge in [-0.3, -0.25) is 0 Å². The summed E-state index contributed by atoms with van der Waals surface area (Å²) < 4.78 is 29.2. The highest BCUT2D eigenvalue weighted by molar-refractivity contribution is 9.10. The van der Waals surface area contributed by atoms with Crippen LogP contribution in [0.5, 0.6) is 5.75 Å². The molecule has 0 aliphatic rings. The predicted molar refractivity (Wildman–Crippen MR) is 79.6 cm³/mol. The van der Waals surface area contributed by atoms with Crippen molar-refractivity contribution < 1.29 is 13.5 Å². The maximum Gasteiger partial charge on any atom is 0.387 e. The van der Waals surface area contributed by atoms with Crippen LogP contribution in [0.2, 0.25) is 5.02 Å². The SMILES string of the molecule is FC(F)Oc1ccc(CNc2cc(Cl)ccc2Br)cc1. The van der Waals surface area contributed by atoms with Crippen molar-refractivity contribution >= 4 is 33.2 Å². The molecule has 2 aromatic rings. The third-order valence-corrected chi connectivity index (χ3v) is 3.49. The van der Waals surface area contributed by atoms with Gasteiger partial charge in [-0.25, -0.2) is 0 Å². The molecule has 0 atom stereocenters. The summed E-state index contributed by atoms with van der Waals surface area (Å²) in [6.07, 6.45) is 0. The van der Waals surface area contributed by atoms with Crippen LogP contribution >= 0.6 is 27.5 Å². The quantitative estimate of drug-likeness (QED) is 0.777. The number of anilines is 1. The molecule has 106 valence electrons. The zero-order valence-corrected chi connectivity index (χ0v) is 12.6. The summed E-state index contributed by atoms with van der Waals surface area (Å²) in [6, 6.07) is 11.9. The van der Waals surface area contributed by atoms with Gasteiger partial charge in [0.05, 0.1) is 5.69 Å². The van der Waals surface area contributed by atoms with E-state index in [9.17, 15) is 8.78 Å². The highest BCUT2D eigenvalue weighted by atomic mass is 79.9. The summed E-state index contributed by atoms with van der Waals surface area (Å²) in [4.78, 5) is 0. The van der Waals surface area contributed by atoms with Crippen LogP contribution in [0.4, 0.5) is 14.5 Å². The van der Waals surface area contributed by atoms with Gasteiger partial charge in [-0.15, -0.1) is 0 Å². The van der Waals surface area contributed by atoms with E-state index in [1.54, 1.807) is 24.3 Å². The van der Waals surface area contributed by atoms with E-state index in [0.717, 1.165) is 15.7 Å². The Balaban J connectivity index is 1.98. The lowest BCUT2D eigenvalue weighted by atomic mass is 10.2. The first-order chi connectivity index (χ1) is 9.54. The second-order valence-corrected chi connectivity index (χ2v) is 5.29. The van der Waals surface area contributed by atoms with Gasteiger partial charge in [-0.1, -0.05) is 23.7 Å². The zero-order chi connectivity index (χ0) is 14.5. The number of benzene rings is 2. The van der Waals surface area contributed by atoms with Crippen molar-refractivity contribution in [1.82, 2.24) is 0 Å². The van der Waals surface area contributed by atoms with Gasteiger partial charge >= 0.3 is 6.61 Å². The van der Waals surface area contributed by atoms with Crippen LogP contribution in [-0.4, -0.2) is 6.61 Å². The van der Waals surface area contributed by atoms with Gasteiger partial charge in [-0.2, -0.15) is 8.78 Å². The normalized spacial score (nSPS) is 10.7. The smallest absolute Gasteiger partial charge is 0.387 e. The average molecular weight is 363 g/mol. The van der Waals surface area contributed by atoms with Gasteiger partial charge in [0, 0.05) is 16.0 Å². The molecule has 1 N–H and O–H groups in total. The molecule has 0 aliphatic heterocycles. The third kappa shape index (κ3) is 4.35. The Morgan fingerprint density at radius 2 is 1.85 bits per heavy atom. The Morgan fingerprint density at radius 3 is 2.50 bits per heavy atom. The monoisotopic (exact) mass is 361 g/mol. The molecule has 0 saturated carbocycles. The Bertz CT molecular complexity index is 578. The van der Waals surface area contributed by atoms with E-state index in [1.807, 2.05) is 6.07 Å². The van der Waals surface area contributed by atoms with Gasteiger partial charge in [0.15, 0.2) is 0 Å². The summed E-state index contributed by atoms with van der Waals surface area (Å²) in [7, 11) is 0. The molecule has 0 radical (unpaired) electrons. The topological polar surface area (TPSA) is 21.3 Å². The maximum atomic E-state index is 12.0. The highest BCUT2D eigenvalue weighted by Gasteiger charge is 2.04. The molecule has 2 rings (SSSR count). The van der Waals surface area contributed by atoms with Crippen LogP contribution < -0.4 is 10.1 Å². The van der Waals surface area contributed by atoms with Crippen molar-refractivity contribution in [3.8, 4) is 5.75 Å². The van der Waals surface area contributed by atoms with Crippen LogP contribution in [0.15, 0.2) is 46.9 Å². The first-order valence-electron chi connectivity index (χ1n) is 5.77. The lowest BCUT2D eigenvalue weighted by molar-refractivity contribution is -0.0498. The van der Waals surface area contributed by atoms with Crippen LogP contribution in [-0.2, 0) is 6.54 Å². The summed E-state index contributed by atoms with van der Waals surface area (Å²) in [5.74, 6) is 0.146. The fourth-order valence-electron chi connectivity index (χ4n) is 1.62. The molecular weight excluding hydrogens is 352 g/mol. The number of alkyl halides is 2. The van der Waals surface area contributed by atoms with Gasteiger partial charge in [0.25, 0.3) is 0 Å². The largest absolute Gasteiger partial charge is 0.435 e. The van der Waals surface area contributed by atoms with Crippen molar-refractivity contribution in [2.45, 2.75) is 13.2 Å². The Morgan fingerprint density at radius 1 is 1.15 bits per heavy atom. The summed E-state index contributed by atoms with van der Waals surface area (Å²) in [5.41, 5.74) is 1.81. The van der Waals surface area contributed by atoms with Crippen molar-refractivity contribution in [3.63, 3.8) is 0 Å². The molecule has 20 heavy (non-hydrogen) atoms. The minimum atomic E-state index is -2.80. The van der Waals surface area contributed by atoms with E-state index in [4.69, 9.17) is 11.6 Å². The molecule has 0 bridgehead atoms. The number of rotatable bonds is 5. The lowest BCUT2D eigenvalue weighted by Crippen LogP contribution is -2.03. The average Bonchev–Trinajstić information content (AvgIpc) is 2.41. The fourth-order valence-corrected chi connectivity index (χ4v) is 2.18. The molecule has 2 aromatic carbocycles. The molecule has 6 heteroatoms. The standard InChI is InChI=1S/C14H11BrClF2NO/c15-12-6-3-10(16)7-13(12)19-8-9-1-4-11(5-2-9)20-14(17)18/h1-7,14,19H,8H2. The lowest BCUT2D eigenvalue weighted by Gasteiger charge is -2.10. The van der Waals surface area contributed by atoms with E-state index in [-0.39, 0.29) is 5.75 Å². The van der Waals surface area contributed by atoms with Crippen LogP contribution in [0.1, 0.15) is 5.56 Å². The van der Waals surface area contributed by atoms with E-state index in [0.29, 0.717) is 11.6 Å². The third-order valence-electron chi connectivity index (χ3n) is 2.56. The molecular formula is C14H11BrClF2NO. The summed E-state index contributed by atoms with van der Waals surface area (Å²) >= 11 is 9.34. The Labute approximate surface area is 128 Å². The minimum Gasteiger partial charge on any atom is -0.435 e. The molecule has 0 unspecified atom stereocenters. The Kier molecular flexibility index (Phi) is 5.20. The first kappa shape index (κ1) is 15.1. The molecule has 0 fully saturated rings. The molecule has 0 spiro atoms. The van der Waals surface area contributed by atoms with Crippen molar-refractivity contribution in [3.05, 3.63) is 57.5 Å². The fraction of sp³-hybridized carbons (Fsp3) is 0.143. The minimum absolute atomic E-state index is 0.146. The van der Waals surface area contributed by atoms with Crippen molar-refractivity contribution in [2.24, 2.45) is 0 Å². The Hall–Kier alpha value is -1.33. The number of halogens is 4. The first-order valence-corrected chi connectivity index (χ1v) is 6.94. The number of hydrogen-bond donors (Lipinski definition) is 1. The number of ether oxygens (including phenoxy) is 1. The van der Waals surface area contributed by atoms with Crippen molar-refractivity contribution in [1.29, 1.82) is 0 Å². The van der Waals surface area contributed by atoms with Gasteiger partial charge in [0.2, 0.25) is 0 Å². The van der Waals surface area contributed by atoms with Crippen LogP contribution in [0.3, 0.4) is 0 Å². The number of nitrogens with one attached hydrogen (secondary N) is 1. The second-order valence-electron chi connectivity index (χ2n) is 4.00.